The zero-order valence-corrected chi connectivity index (χ0v) is 61.2. The number of hydrogen-bond acceptors (Lipinski definition) is 16. The van der Waals surface area contributed by atoms with E-state index in [4.69, 9.17) is 0 Å². The molecule has 0 atom stereocenters. The molecule has 0 fully saturated rings. The van der Waals surface area contributed by atoms with Gasteiger partial charge in [-0.05, 0) is 130 Å². The minimum Gasteiger partial charge on any atom is -0.508 e. The summed E-state index contributed by atoms with van der Waals surface area (Å²) in [4.78, 5) is 43.3. The second-order valence-electron chi connectivity index (χ2n) is 24.1. The van der Waals surface area contributed by atoms with Crippen LogP contribution >= 0.6 is 0 Å². The molecule has 18 heteroatoms. The maximum atomic E-state index is 4.40. The van der Waals surface area contributed by atoms with Gasteiger partial charge >= 0.3 is 0 Å². The molecule has 6 aliphatic heterocycles. The molecule has 2 radical (unpaired) electrons. The Morgan fingerprint density at radius 2 is 0.698 bits per heavy atom. The molecule has 0 amide bonds. The van der Waals surface area contributed by atoms with Gasteiger partial charge in [-0.25, -0.2) is 19.9 Å². The molecular weight excluding hydrogens is 1550 g/mol. The van der Waals surface area contributed by atoms with Crippen LogP contribution in [-0.2, 0) is 40.2 Å². The Morgan fingerprint density at radius 1 is 0.354 bits per heavy atom. The van der Waals surface area contributed by atoms with E-state index in [-0.39, 0.29) is 40.2 Å². The number of allylic oxidation sites excluding steroid dienone is 4. The third kappa shape index (κ3) is 17.7. The number of hydrogen-bond donors (Lipinski definition) is 0. The Bertz CT molecular complexity index is 3570. The smallest absolute Gasteiger partial charge is 0.143 e. The summed E-state index contributed by atoms with van der Waals surface area (Å²) in [6, 6.07) is 64.6. The molecular formula is C78H84Ir2N16-12. The van der Waals surface area contributed by atoms with Gasteiger partial charge in [-0.15, -0.1) is 59.6 Å². The van der Waals surface area contributed by atoms with Gasteiger partial charge in [0.05, 0.1) is 0 Å². The van der Waals surface area contributed by atoms with E-state index in [0.29, 0.717) is 11.8 Å². The normalized spacial score (nSPS) is 15.3. The molecule has 6 aliphatic rings. The van der Waals surface area contributed by atoms with Crippen molar-refractivity contribution >= 4 is 57.4 Å². The number of anilines is 10. The SMILES string of the molecule is CC(C)c1c[c-]c(N2[CH-]N(C)c3nccnc32)cc1.CC(C)c1c[c-]c(N2[CH-]N(C)c3nccnc32)cc1.CC1=C(C)N(c2[c-]cccc2)[CH-]N1CCCCN1[CH-]N(c2[c-]cccc2)C(C)=C1C.[Ir].[Ir].[c-]1ccccc1N1C=CN(CCCCN2C=CN(c3[c-]cccc3)[CH-]2)[CH-]1. The summed E-state index contributed by atoms with van der Waals surface area (Å²) in [5, 5.41) is 0. The molecule has 0 aliphatic carbocycles. The second kappa shape index (κ2) is 34.3. The molecule has 0 N–H and O–H groups in total. The van der Waals surface area contributed by atoms with Crippen molar-refractivity contribution in [2.24, 2.45) is 0 Å². The summed E-state index contributed by atoms with van der Waals surface area (Å²) in [7, 11) is 3.94. The molecule has 0 unspecified atom stereocenters. The maximum absolute atomic E-state index is 4.40. The van der Waals surface area contributed by atoms with Crippen molar-refractivity contribution in [2.75, 3.05) is 79.5 Å². The summed E-state index contributed by atoms with van der Waals surface area (Å²) < 4.78 is 0. The van der Waals surface area contributed by atoms with Crippen LogP contribution < -0.4 is 39.2 Å². The number of nitrogens with zero attached hydrogens (tertiary/aromatic N) is 16. The molecule has 96 heavy (non-hydrogen) atoms. The second-order valence-corrected chi connectivity index (χ2v) is 24.1. The van der Waals surface area contributed by atoms with Crippen molar-refractivity contribution in [3.05, 3.63) is 293 Å². The van der Waals surface area contributed by atoms with E-state index >= 15 is 0 Å². The van der Waals surface area contributed by atoms with Gasteiger partial charge in [-0.2, -0.15) is 196 Å². The largest absolute Gasteiger partial charge is 0.508 e. The van der Waals surface area contributed by atoms with E-state index in [0.717, 1.165) is 109 Å². The Morgan fingerprint density at radius 3 is 1.03 bits per heavy atom. The standard InChI is InChI=1S/C26H30N4.C22H22N4.2C15H16N4.2Ir/c1-21-23(3)29(25-13-7-5-8-14-25)19-27(21)17-11-12-18-28-20-30(24(4)22(28)2)26-15-9-6-10-16-26;1-3-9-21(10-4-1)25-17-15-23(19-25)13-7-8-14-24-16-18-26(20-24)22-11-5-2-6-12-22;2*1-11(2)12-4-6-13(7-5-12)19-10-18(3)14-15(19)17-9-8-16-14;;/h5-10,13,15,19-20H,11-12,17-18H2,1-4H3;1-6,9,11,15-20H,7-8,13-14H2;2*4-6,8-11H,1-3H3;;/q2*-4;2*-2;;. The average molecular weight is 1630 g/mol. The van der Waals surface area contributed by atoms with E-state index in [9.17, 15) is 0 Å². The summed E-state index contributed by atoms with van der Waals surface area (Å²) in [6.45, 7) is 34.2. The minimum absolute atomic E-state index is 0. The first kappa shape index (κ1) is 71.6. The van der Waals surface area contributed by atoms with Crippen LogP contribution in [0.2, 0.25) is 0 Å². The number of benzene rings is 6. The first-order chi connectivity index (χ1) is 45.8. The van der Waals surface area contributed by atoms with Gasteiger partial charge in [-0.3, -0.25) is 0 Å². The van der Waals surface area contributed by atoms with Crippen LogP contribution in [0.5, 0.6) is 0 Å². The quantitative estimate of drug-likeness (QED) is 0.0602. The first-order valence-corrected chi connectivity index (χ1v) is 32.4. The number of rotatable bonds is 18. The monoisotopic (exact) mass is 1630 g/mol. The molecule has 2 aromatic heterocycles. The van der Waals surface area contributed by atoms with Crippen LogP contribution in [-0.4, -0.2) is 79.8 Å². The van der Waals surface area contributed by atoms with E-state index in [2.05, 4.69) is 263 Å². The summed E-state index contributed by atoms with van der Waals surface area (Å²) in [5.74, 6) is 4.45. The Balaban J connectivity index is 0.000000152. The zero-order valence-electron chi connectivity index (χ0n) is 56.4. The van der Waals surface area contributed by atoms with Gasteiger partial charge in [0.15, 0.2) is 0 Å². The zero-order chi connectivity index (χ0) is 65.5. The van der Waals surface area contributed by atoms with Gasteiger partial charge in [0, 0.05) is 76.4 Å². The maximum Gasteiger partial charge on any atom is 0.143 e. The third-order valence-electron chi connectivity index (χ3n) is 17.0. The van der Waals surface area contributed by atoms with Gasteiger partial charge in [0.2, 0.25) is 0 Å². The topological polar surface area (TPSA) is 90.4 Å². The van der Waals surface area contributed by atoms with Crippen LogP contribution in [0.25, 0.3) is 0 Å². The summed E-state index contributed by atoms with van der Waals surface area (Å²) in [5.41, 5.74) is 14.0. The minimum atomic E-state index is 0. The molecule has 506 valence electrons. The average Bonchev–Trinajstić information content (AvgIpc) is 1.67. The van der Waals surface area contributed by atoms with E-state index < -0.39 is 0 Å². The molecule has 0 saturated carbocycles. The molecule has 16 nitrogen and oxygen atoms in total. The third-order valence-corrected chi connectivity index (χ3v) is 17.0. The first-order valence-electron chi connectivity index (χ1n) is 32.4. The van der Waals surface area contributed by atoms with Crippen molar-refractivity contribution in [3.63, 3.8) is 0 Å². The van der Waals surface area contributed by atoms with E-state index in [1.165, 1.54) is 33.9 Å². The van der Waals surface area contributed by atoms with Crippen molar-refractivity contribution in [3.8, 4) is 0 Å². The van der Waals surface area contributed by atoms with Crippen LogP contribution in [0.3, 0.4) is 0 Å². The van der Waals surface area contributed by atoms with Gasteiger partial charge in [0.1, 0.15) is 23.3 Å². The molecule has 8 aromatic rings. The summed E-state index contributed by atoms with van der Waals surface area (Å²) in [6.07, 6.45) is 19.8. The Hall–Kier alpha value is -8.66. The van der Waals surface area contributed by atoms with Crippen molar-refractivity contribution < 1.29 is 40.2 Å². The van der Waals surface area contributed by atoms with Crippen LogP contribution in [0.4, 0.5) is 57.4 Å². The molecule has 0 spiro atoms. The van der Waals surface area contributed by atoms with Gasteiger partial charge < -0.3 is 58.8 Å². The predicted octanol–water partition coefficient (Wildman–Crippen LogP) is 16.2. The van der Waals surface area contributed by atoms with Crippen molar-refractivity contribution in [1.82, 2.24) is 39.5 Å². The Labute approximate surface area is 598 Å². The Kier molecular flexibility index (Phi) is 25.6. The fourth-order valence-corrected chi connectivity index (χ4v) is 11.3. The fraction of sp³-hybridized carbons (Fsp3) is 0.256. The molecule has 6 aromatic carbocycles. The van der Waals surface area contributed by atoms with Crippen molar-refractivity contribution in [2.45, 2.75) is 92.9 Å². The van der Waals surface area contributed by atoms with Crippen LogP contribution in [0.15, 0.2) is 206 Å². The fourth-order valence-electron chi connectivity index (χ4n) is 11.3. The van der Waals surface area contributed by atoms with Crippen LogP contribution in [0, 0.1) is 76.4 Å². The summed E-state index contributed by atoms with van der Waals surface area (Å²) >= 11 is 0. The molecule has 0 bridgehead atoms. The predicted molar refractivity (Wildman–Crippen MR) is 381 cm³/mol. The molecule has 8 heterocycles. The van der Waals surface area contributed by atoms with Gasteiger partial charge in [0.25, 0.3) is 0 Å². The molecule has 14 rings (SSSR count). The molecule has 0 saturated heterocycles. The number of aromatic nitrogens is 4. The van der Waals surface area contributed by atoms with Crippen LogP contribution in [0.1, 0.15) is 104 Å². The number of fused-ring (bicyclic) bond motifs is 2. The van der Waals surface area contributed by atoms with Crippen molar-refractivity contribution in [1.29, 1.82) is 0 Å². The van der Waals surface area contributed by atoms with E-state index in [1.54, 1.807) is 24.8 Å². The number of para-hydroxylation sites is 4. The van der Waals surface area contributed by atoms with E-state index in [1.807, 2.05) is 120 Å². The van der Waals surface area contributed by atoms with Gasteiger partial charge in [-0.1, -0.05) is 39.5 Å². The number of unbranched alkanes of at least 4 members (excludes halogenated alkanes) is 2.